The van der Waals surface area contributed by atoms with Crippen LogP contribution in [0.3, 0.4) is 0 Å². The highest BCUT2D eigenvalue weighted by atomic mass is 35.5. The second-order valence-electron chi connectivity index (χ2n) is 3.20. The van der Waals surface area contributed by atoms with Gasteiger partial charge in [-0.25, -0.2) is 4.98 Å². The largest absolute Gasteiger partial charge is 0.434 e. The van der Waals surface area contributed by atoms with Gasteiger partial charge in [0.2, 0.25) is 0 Å². The first kappa shape index (κ1) is 15.5. The Balaban J connectivity index is 0.000000250. The molecule has 0 aromatic carbocycles. The van der Waals surface area contributed by atoms with Crippen LogP contribution in [-0.4, -0.2) is 9.97 Å². The van der Waals surface area contributed by atoms with E-state index in [0.717, 1.165) is 6.20 Å². The molecule has 0 spiro atoms. The number of aromatic nitrogens is 2. The monoisotopic (exact) mass is 309 g/mol. The molecule has 19 heavy (non-hydrogen) atoms. The van der Waals surface area contributed by atoms with Crippen LogP contribution in [0, 0.1) is 0 Å². The van der Waals surface area contributed by atoms with Crippen molar-refractivity contribution in [3.63, 3.8) is 0 Å². The summed E-state index contributed by atoms with van der Waals surface area (Å²) < 4.78 is 36.3. The highest BCUT2D eigenvalue weighted by Gasteiger charge is 2.36. The third-order valence-corrected chi connectivity index (χ3v) is 2.53. The second-order valence-corrected chi connectivity index (χ2v) is 3.99. The summed E-state index contributed by atoms with van der Waals surface area (Å²) in [6.07, 6.45) is -0.304. The van der Waals surface area contributed by atoms with Crippen LogP contribution in [0.25, 0.3) is 0 Å². The molecule has 0 unspecified atom stereocenters. The summed E-state index contributed by atoms with van der Waals surface area (Å²) >= 11 is 10.7. The van der Waals surface area contributed by atoms with Gasteiger partial charge in [-0.2, -0.15) is 13.2 Å². The van der Waals surface area contributed by atoms with E-state index < -0.39 is 16.9 Å². The summed E-state index contributed by atoms with van der Waals surface area (Å²) in [5.41, 5.74) is 3.64. The molecule has 0 aliphatic carbocycles. The number of rotatable bonds is 0. The third-order valence-electron chi connectivity index (χ3n) is 1.84. The van der Waals surface area contributed by atoms with Crippen molar-refractivity contribution in [1.82, 2.24) is 9.97 Å². The van der Waals surface area contributed by atoms with Gasteiger partial charge in [-0.05, 0) is 12.1 Å². The molecule has 2 rings (SSSR count). The Kier molecular flexibility index (Phi) is 5.38. The SMILES string of the molecule is Nc1c(Cl)cnc(C(F)(F)F)c1Cl.c1ccncc1. The van der Waals surface area contributed by atoms with Crippen LogP contribution in [0.15, 0.2) is 36.8 Å². The van der Waals surface area contributed by atoms with Crippen molar-refractivity contribution >= 4 is 28.9 Å². The Morgan fingerprint density at radius 3 is 2.00 bits per heavy atom. The van der Waals surface area contributed by atoms with E-state index in [9.17, 15) is 13.2 Å². The minimum atomic E-state index is -4.62. The van der Waals surface area contributed by atoms with Gasteiger partial charge in [-0.3, -0.25) is 4.98 Å². The van der Waals surface area contributed by atoms with E-state index in [1.807, 2.05) is 18.2 Å². The average Bonchev–Trinajstić information content (AvgIpc) is 2.37. The average molecular weight is 310 g/mol. The van der Waals surface area contributed by atoms with Crippen LogP contribution >= 0.6 is 23.2 Å². The first-order valence-corrected chi connectivity index (χ1v) is 5.61. The van der Waals surface area contributed by atoms with E-state index in [1.165, 1.54) is 0 Å². The molecule has 2 aromatic rings. The predicted octanol–water partition coefficient (Wildman–Crippen LogP) is 4.07. The summed E-state index contributed by atoms with van der Waals surface area (Å²) in [6, 6.07) is 5.72. The van der Waals surface area contributed by atoms with Gasteiger partial charge in [0.25, 0.3) is 0 Å². The highest BCUT2D eigenvalue weighted by molar-refractivity contribution is 6.39. The summed E-state index contributed by atoms with van der Waals surface area (Å²) in [5, 5.41) is -0.766. The highest BCUT2D eigenvalue weighted by Crippen LogP contribution is 2.37. The first-order valence-electron chi connectivity index (χ1n) is 4.85. The molecular weight excluding hydrogens is 302 g/mol. The quantitative estimate of drug-likeness (QED) is 0.798. The molecule has 3 nitrogen and oxygen atoms in total. The van der Waals surface area contributed by atoms with E-state index in [0.29, 0.717) is 0 Å². The Hall–Kier alpha value is -1.53. The minimum Gasteiger partial charge on any atom is -0.396 e. The Bertz CT molecular complexity index is 506. The third kappa shape index (κ3) is 4.57. The van der Waals surface area contributed by atoms with Gasteiger partial charge >= 0.3 is 6.18 Å². The molecular formula is C11H8Cl2F3N3. The fraction of sp³-hybridized carbons (Fsp3) is 0.0909. The molecule has 0 aliphatic heterocycles. The first-order chi connectivity index (χ1) is 8.84. The van der Waals surface area contributed by atoms with Crippen LogP contribution in [-0.2, 0) is 6.18 Å². The molecule has 0 atom stereocenters. The van der Waals surface area contributed by atoms with Gasteiger partial charge in [0.1, 0.15) is 0 Å². The van der Waals surface area contributed by atoms with Crippen molar-refractivity contribution in [2.24, 2.45) is 0 Å². The standard InChI is InChI=1S/C6H3Cl2F3N2.C5H5N/c7-2-1-13-5(6(9,10)11)3(8)4(2)12;1-2-4-6-5-3-1/h1H,(H2,12,13);1-5H. The summed E-state index contributed by atoms with van der Waals surface area (Å²) in [6.45, 7) is 0. The number of nitrogens with two attached hydrogens (primary N) is 1. The zero-order valence-corrected chi connectivity index (χ0v) is 10.8. The molecule has 2 aromatic heterocycles. The Morgan fingerprint density at radius 1 is 1.05 bits per heavy atom. The fourth-order valence-corrected chi connectivity index (χ4v) is 1.44. The molecule has 0 aliphatic rings. The zero-order chi connectivity index (χ0) is 14.5. The number of nitrogen functional groups attached to an aromatic ring is 1. The summed E-state index contributed by atoms with van der Waals surface area (Å²) in [5.74, 6) is 0. The molecule has 2 N–H and O–H groups in total. The lowest BCUT2D eigenvalue weighted by Gasteiger charge is -2.09. The number of nitrogens with zero attached hydrogens (tertiary/aromatic N) is 2. The predicted molar refractivity (Wildman–Crippen MR) is 67.9 cm³/mol. The number of hydrogen-bond donors (Lipinski definition) is 1. The van der Waals surface area contributed by atoms with Crippen molar-refractivity contribution in [2.45, 2.75) is 6.18 Å². The molecule has 0 saturated carbocycles. The number of anilines is 1. The van der Waals surface area contributed by atoms with E-state index >= 15 is 0 Å². The lowest BCUT2D eigenvalue weighted by molar-refractivity contribution is -0.141. The molecule has 0 bridgehead atoms. The summed E-state index contributed by atoms with van der Waals surface area (Å²) in [7, 11) is 0. The fourth-order valence-electron chi connectivity index (χ4n) is 0.990. The van der Waals surface area contributed by atoms with Crippen molar-refractivity contribution in [1.29, 1.82) is 0 Å². The molecule has 0 amide bonds. The van der Waals surface area contributed by atoms with Gasteiger partial charge in [0.15, 0.2) is 5.69 Å². The van der Waals surface area contributed by atoms with Crippen molar-refractivity contribution in [3.8, 4) is 0 Å². The lowest BCUT2D eigenvalue weighted by atomic mass is 10.3. The molecule has 0 radical (unpaired) electrons. The maximum absolute atomic E-state index is 12.1. The van der Waals surface area contributed by atoms with E-state index in [-0.39, 0.29) is 10.7 Å². The summed E-state index contributed by atoms with van der Waals surface area (Å²) in [4.78, 5) is 6.83. The maximum Gasteiger partial charge on any atom is 0.434 e. The van der Waals surface area contributed by atoms with Crippen LogP contribution in [0.4, 0.5) is 18.9 Å². The molecule has 0 saturated heterocycles. The number of halogens is 5. The topological polar surface area (TPSA) is 51.8 Å². The second kappa shape index (κ2) is 6.58. The minimum absolute atomic E-state index is 0.0991. The normalized spacial score (nSPS) is 10.6. The Morgan fingerprint density at radius 2 is 1.63 bits per heavy atom. The van der Waals surface area contributed by atoms with Crippen LogP contribution in [0.1, 0.15) is 5.69 Å². The van der Waals surface area contributed by atoms with E-state index in [4.69, 9.17) is 28.9 Å². The van der Waals surface area contributed by atoms with Crippen molar-refractivity contribution < 1.29 is 13.2 Å². The van der Waals surface area contributed by atoms with Crippen LogP contribution in [0.2, 0.25) is 10.0 Å². The smallest absolute Gasteiger partial charge is 0.396 e. The van der Waals surface area contributed by atoms with Crippen molar-refractivity contribution in [3.05, 3.63) is 52.5 Å². The Labute approximate surface area is 117 Å². The van der Waals surface area contributed by atoms with Crippen LogP contribution in [0.5, 0.6) is 0 Å². The molecule has 2 heterocycles. The molecule has 8 heteroatoms. The van der Waals surface area contributed by atoms with E-state index in [1.54, 1.807) is 12.4 Å². The van der Waals surface area contributed by atoms with Gasteiger partial charge in [-0.15, -0.1) is 0 Å². The van der Waals surface area contributed by atoms with Crippen LogP contribution < -0.4 is 5.73 Å². The van der Waals surface area contributed by atoms with E-state index in [2.05, 4.69) is 9.97 Å². The number of alkyl halides is 3. The number of pyridine rings is 2. The number of hydrogen-bond acceptors (Lipinski definition) is 3. The van der Waals surface area contributed by atoms with Crippen molar-refractivity contribution in [2.75, 3.05) is 5.73 Å². The van der Waals surface area contributed by atoms with Gasteiger partial charge in [0.05, 0.1) is 15.7 Å². The maximum atomic E-state index is 12.1. The van der Waals surface area contributed by atoms with Gasteiger partial charge in [-0.1, -0.05) is 29.3 Å². The van der Waals surface area contributed by atoms with Gasteiger partial charge < -0.3 is 5.73 Å². The lowest BCUT2D eigenvalue weighted by Crippen LogP contribution is -2.10. The molecule has 0 fully saturated rings. The zero-order valence-electron chi connectivity index (χ0n) is 9.33. The molecule has 102 valence electrons. The van der Waals surface area contributed by atoms with Gasteiger partial charge in [0, 0.05) is 18.6 Å².